The van der Waals surface area contributed by atoms with Crippen LogP contribution in [0.25, 0.3) is 0 Å². The van der Waals surface area contributed by atoms with Crippen molar-refractivity contribution in [1.82, 2.24) is 5.32 Å². The van der Waals surface area contributed by atoms with Gasteiger partial charge in [0.15, 0.2) is 0 Å². The number of nitrogens with one attached hydrogen (secondary N) is 1. The highest BCUT2D eigenvalue weighted by molar-refractivity contribution is 4.98. The SMILES string of the molecule is CC(CCc1ccco1)N[C@@H]1CCCC[C@H]1O. The fourth-order valence-electron chi connectivity index (χ4n) is 2.57. The normalized spacial score (nSPS) is 26.9. The van der Waals surface area contributed by atoms with Crippen molar-refractivity contribution >= 4 is 0 Å². The number of rotatable bonds is 5. The Labute approximate surface area is 103 Å². The smallest absolute Gasteiger partial charge is 0.103 e. The molecule has 1 fully saturated rings. The van der Waals surface area contributed by atoms with E-state index >= 15 is 0 Å². The first-order valence-corrected chi connectivity index (χ1v) is 6.72. The average Bonchev–Trinajstić information content (AvgIpc) is 2.82. The lowest BCUT2D eigenvalue weighted by molar-refractivity contribution is 0.0853. The van der Waals surface area contributed by atoms with Crippen LogP contribution in [0.15, 0.2) is 22.8 Å². The van der Waals surface area contributed by atoms with Gasteiger partial charge in [-0.3, -0.25) is 0 Å². The molecule has 1 aliphatic carbocycles. The minimum atomic E-state index is -0.158. The highest BCUT2D eigenvalue weighted by atomic mass is 16.3. The second-order valence-corrected chi connectivity index (χ2v) is 5.14. The van der Waals surface area contributed by atoms with Crippen molar-refractivity contribution in [1.29, 1.82) is 0 Å². The summed E-state index contributed by atoms with van der Waals surface area (Å²) in [5.41, 5.74) is 0. The van der Waals surface area contributed by atoms with E-state index in [0.717, 1.165) is 31.4 Å². The molecular formula is C14H23NO2. The maximum absolute atomic E-state index is 9.89. The molecule has 2 N–H and O–H groups in total. The standard InChI is InChI=1S/C14H23NO2/c1-11(8-9-12-5-4-10-17-12)15-13-6-2-3-7-14(13)16/h4-5,10-11,13-16H,2-3,6-9H2,1H3/t11?,13-,14-/m1/s1. The summed E-state index contributed by atoms with van der Waals surface area (Å²) in [7, 11) is 0. The van der Waals surface area contributed by atoms with Crippen molar-refractivity contribution in [2.75, 3.05) is 0 Å². The van der Waals surface area contributed by atoms with Gasteiger partial charge in [-0.25, -0.2) is 0 Å². The van der Waals surface area contributed by atoms with E-state index in [4.69, 9.17) is 4.42 Å². The van der Waals surface area contributed by atoms with Crippen molar-refractivity contribution in [2.24, 2.45) is 0 Å². The minimum absolute atomic E-state index is 0.158. The molecule has 0 bridgehead atoms. The summed E-state index contributed by atoms with van der Waals surface area (Å²) < 4.78 is 5.32. The first-order chi connectivity index (χ1) is 8.25. The summed E-state index contributed by atoms with van der Waals surface area (Å²) in [4.78, 5) is 0. The first-order valence-electron chi connectivity index (χ1n) is 6.72. The average molecular weight is 237 g/mol. The van der Waals surface area contributed by atoms with Crippen LogP contribution in [0.1, 0.15) is 44.8 Å². The molecule has 0 spiro atoms. The summed E-state index contributed by atoms with van der Waals surface area (Å²) in [5, 5.41) is 13.4. The summed E-state index contributed by atoms with van der Waals surface area (Å²) in [5.74, 6) is 1.04. The topological polar surface area (TPSA) is 45.4 Å². The third-order valence-electron chi connectivity index (χ3n) is 3.63. The summed E-state index contributed by atoms with van der Waals surface area (Å²) >= 11 is 0. The van der Waals surface area contributed by atoms with E-state index in [-0.39, 0.29) is 12.1 Å². The lowest BCUT2D eigenvalue weighted by atomic mass is 9.92. The van der Waals surface area contributed by atoms with Crippen molar-refractivity contribution < 1.29 is 9.52 Å². The van der Waals surface area contributed by atoms with Gasteiger partial charge in [0.05, 0.1) is 12.4 Å². The summed E-state index contributed by atoms with van der Waals surface area (Å²) in [6.45, 7) is 2.18. The third-order valence-corrected chi connectivity index (χ3v) is 3.63. The molecule has 3 atom stereocenters. The molecule has 0 aromatic carbocycles. The summed E-state index contributed by atoms with van der Waals surface area (Å²) in [6, 6.07) is 4.66. The van der Waals surface area contributed by atoms with Crippen LogP contribution >= 0.6 is 0 Å². The van der Waals surface area contributed by atoms with Crippen molar-refractivity contribution in [3.8, 4) is 0 Å². The molecule has 1 aliphatic rings. The second-order valence-electron chi connectivity index (χ2n) is 5.14. The second kappa shape index (κ2) is 6.22. The largest absolute Gasteiger partial charge is 0.469 e. The van der Waals surface area contributed by atoms with Gasteiger partial charge in [0.2, 0.25) is 0 Å². The van der Waals surface area contributed by atoms with E-state index in [1.165, 1.54) is 12.8 Å². The molecule has 0 aliphatic heterocycles. The number of aliphatic hydroxyl groups excluding tert-OH is 1. The van der Waals surface area contributed by atoms with E-state index in [9.17, 15) is 5.11 Å². The minimum Gasteiger partial charge on any atom is -0.469 e. The third kappa shape index (κ3) is 3.86. The molecular weight excluding hydrogens is 214 g/mol. The van der Waals surface area contributed by atoms with Gasteiger partial charge in [0.25, 0.3) is 0 Å². The lowest BCUT2D eigenvalue weighted by Crippen LogP contribution is -2.46. The van der Waals surface area contributed by atoms with Crippen molar-refractivity contribution in [3.63, 3.8) is 0 Å². The Morgan fingerprint density at radius 3 is 3.00 bits per heavy atom. The molecule has 3 nitrogen and oxygen atoms in total. The number of hydrogen-bond acceptors (Lipinski definition) is 3. The highest BCUT2D eigenvalue weighted by Crippen LogP contribution is 2.19. The van der Waals surface area contributed by atoms with Crippen LogP contribution in [0.5, 0.6) is 0 Å². The van der Waals surface area contributed by atoms with Crippen LogP contribution < -0.4 is 5.32 Å². The van der Waals surface area contributed by atoms with Crippen LogP contribution in [0.3, 0.4) is 0 Å². The van der Waals surface area contributed by atoms with Gasteiger partial charge in [0.1, 0.15) is 5.76 Å². The number of hydrogen-bond donors (Lipinski definition) is 2. The monoisotopic (exact) mass is 237 g/mol. The Morgan fingerprint density at radius 2 is 2.29 bits per heavy atom. The molecule has 0 amide bonds. The lowest BCUT2D eigenvalue weighted by Gasteiger charge is -2.31. The molecule has 17 heavy (non-hydrogen) atoms. The Bertz CT molecular complexity index is 310. The van der Waals surface area contributed by atoms with E-state index in [1.807, 2.05) is 12.1 Å². The highest BCUT2D eigenvalue weighted by Gasteiger charge is 2.23. The van der Waals surface area contributed by atoms with Crippen LogP contribution in [-0.4, -0.2) is 23.3 Å². The first kappa shape index (κ1) is 12.7. The van der Waals surface area contributed by atoms with Gasteiger partial charge < -0.3 is 14.8 Å². The Kier molecular flexibility index (Phi) is 4.63. The Balaban J connectivity index is 1.71. The zero-order valence-electron chi connectivity index (χ0n) is 10.6. The Morgan fingerprint density at radius 1 is 1.47 bits per heavy atom. The molecule has 1 aromatic heterocycles. The molecule has 1 heterocycles. The van der Waals surface area contributed by atoms with Gasteiger partial charge in [-0.15, -0.1) is 0 Å². The predicted molar refractivity (Wildman–Crippen MR) is 67.9 cm³/mol. The number of furan rings is 1. The molecule has 1 saturated carbocycles. The van der Waals surface area contributed by atoms with Gasteiger partial charge in [-0.05, 0) is 38.3 Å². The van der Waals surface area contributed by atoms with E-state index in [2.05, 4.69) is 12.2 Å². The van der Waals surface area contributed by atoms with Gasteiger partial charge in [-0.2, -0.15) is 0 Å². The molecule has 3 heteroatoms. The predicted octanol–water partition coefficient (Wildman–Crippen LogP) is 2.49. The van der Waals surface area contributed by atoms with Crippen molar-refractivity contribution in [3.05, 3.63) is 24.2 Å². The molecule has 1 unspecified atom stereocenters. The van der Waals surface area contributed by atoms with Crippen LogP contribution in [0.2, 0.25) is 0 Å². The van der Waals surface area contributed by atoms with Crippen LogP contribution in [-0.2, 0) is 6.42 Å². The molecule has 0 radical (unpaired) electrons. The van der Waals surface area contributed by atoms with Gasteiger partial charge in [0, 0.05) is 18.5 Å². The molecule has 1 aromatic rings. The fraction of sp³-hybridized carbons (Fsp3) is 0.714. The maximum atomic E-state index is 9.89. The Hall–Kier alpha value is -0.800. The van der Waals surface area contributed by atoms with Gasteiger partial charge in [-0.1, -0.05) is 12.8 Å². The van der Waals surface area contributed by atoms with E-state index < -0.39 is 0 Å². The molecule has 2 rings (SSSR count). The zero-order valence-corrected chi connectivity index (χ0v) is 10.6. The van der Waals surface area contributed by atoms with Crippen molar-refractivity contribution in [2.45, 2.75) is 63.6 Å². The maximum Gasteiger partial charge on any atom is 0.103 e. The van der Waals surface area contributed by atoms with Gasteiger partial charge >= 0.3 is 0 Å². The zero-order chi connectivity index (χ0) is 12.1. The fourth-order valence-corrected chi connectivity index (χ4v) is 2.57. The summed E-state index contributed by atoms with van der Waals surface area (Å²) in [6.07, 6.45) is 8.03. The molecule has 0 saturated heterocycles. The van der Waals surface area contributed by atoms with E-state index in [1.54, 1.807) is 6.26 Å². The molecule has 96 valence electrons. The quantitative estimate of drug-likeness (QED) is 0.827. The van der Waals surface area contributed by atoms with E-state index in [0.29, 0.717) is 6.04 Å². The number of aliphatic hydroxyl groups is 1. The van der Waals surface area contributed by atoms with Crippen LogP contribution in [0.4, 0.5) is 0 Å². The number of aryl methyl sites for hydroxylation is 1. The van der Waals surface area contributed by atoms with Crippen LogP contribution in [0, 0.1) is 0 Å².